The van der Waals surface area contributed by atoms with Crippen molar-refractivity contribution in [2.75, 3.05) is 13.7 Å². The van der Waals surface area contributed by atoms with Crippen molar-refractivity contribution >= 4 is 0 Å². The van der Waals surface area contributed by atoms with E-state index < -0.39 is 0 Å². The number of pyridine rings is 1. The Morgan fingerprint density at radius 3 is 2.85 bits per heavy atom. The molecule has 2 heterocycles. The number of piperidine rings is 1. The van der Waals surface area contributed by atoms with Crippen LogP contribution in [0.5, 0.6) is 0 Å². The van der Waals surface area contributed by atoms with E-state index in [9.17, 15) is 0 Å². The number of nitrogens with one attached hydrogen (secondary N) is 1. The average molecular weight is 274 g/mol. The van der Waals surface area contributed by atoms with Crippen LogP contribution in [-0.4, -0.2) is 24.7 Å². The summed E-state index contributed by atoms with van der Waals surface area (Å²) in [7, 11) is 1.76. The minimum absolute atomic E-state index is 0.0724. The summed E-state index contributed by atoms with van der Waals surface area (Å²) in [6, 6.07) is 3.17. The minimum Gasteiger partial charge on any atom is -0.375 e. The van der Waals surface area contributed by atoms with Crippen molar-refractivity contribution in [1.29, 1.82) is 0 Å². The van der Waals surface area contributed by atoms with Gasteiger partial charge in [0, 0.05) is 19.3 Å². The van der Waals surface area contributed by atoms with Gasteiger partial charge in [0.2, 0.25) is 0 Å². The van der Waals surface area contributed by atoms with E-state index in [4.69, 9.17) is 9.72 Å². The summed E-state index contributed by atoms with van der Waals surface area (Å²) >= 11 is 0. The molecular weight excluding hydrogens is 248 g/mol. The van der Waals surface area contributed by atoms with Crippen molar-refractivity contribution < 1.29 is 4.74 Å². The van der Waals surface area contributed by atoms with Crippen LogP contribution in [-0.2, 0) is 4.74 Å². The zero-order chi connectivity index (χ0) is 14.3. The Hall–Kier alpha value is -0.930. The van der Waals surface area contributed by atoms with Crippen LogP contribution in [0.2, 0.25) is 0 Å². The molecule has 0 bridgehead atoms. The number of hydrogen-bond acceptors (Lipinski definition) is 3. The van der Waals surface area contributed by atoms with Gasteiger partial charge in [0.25, 0.3) is 0 Å². The number of nitrogens with zero attached hydrogens (tertiary/aromatic N) is 1. The summed E-state index contributed by atoms with van der Waals surface area (Å²) in [6.07, 6.45) is 4.77. The van der Waals surface area contributed by atoms with Crippen LogP contribution < -0.4 is 5.32 Å². The van der Waals surface area contributed by atoms with E-state index >= 15 is 0 Å². The number of rotatable bonds is 4. The molecule has 1 saturated carbocycles. The quantitative estimate of drug-likeness (QED) is 0.914. The average Bonchev–Trinajstić information content (AvgIpc) is 3.25. The fourth-order valence-corrected chi connectivity index (χ4v) is 3.57. The van der Waals surface area contributed by atoms with Gasteiger partial charge in [0.1, 0.15) is 0 Å². The lowest BCUT2D eigenvalue weighted by atomic mass is 9.87. The highest BCUT2D eigenvalue weighted by molar-refractivity contribution is 5.33. The largest absolute Gasteiger partial charge is 0.375 e. The zero-order valence-electron chi connectivity index (χ0n) is 13.0. The van der Waals surface area contributed by atoms with Crippen LogP contribution in [0.3, 0.4) is 0 Å². The number of hydrogen-bond donors (Lipinski definition) is 1. The van der Waals surface area contributed by atoms with Gasteiger partial charge in [0.15, 0.2) is 0 Å². The first-order valence-electron chi connectivity index (χ1n) is 7.87. The predicted octanol–water partition coefficient (Wildman–Crippen LogP) is 3.38. The highest BCUT2D eigenvalue weighted by atomic mass is 16.5. The van der Waals surface area contributed by atoms with Gasteiger partial charge in [-0.2, -0.15) is 0 Å². The monoisotopic (exact) mass is 274 g/mol. The Kier molecular flexibility index (Phi) is 3.83. The maximum Gasteiger partial charge on any atom is 0.0965 e. The standard InChI is InChI=1S/C17H26N2O/c1-10(2)14-7-12(9-19-17(14)11(3)20-4)13-5-6-18-16-8-15(13)16/h7,9-11,13,15-16,18H,5-6,8H2,1-4H3. The molecule has 0 amide bonds. The van der Waals surface area contributed by atoms with E-state index in [0.29, 0.717) is 11.8 Å². The molecule has 1 aliphatic heterocycles. The van der Waals surface area contributed by atoms with Crippen molar-refractivity contribution in [2.24, 2.45) is 5.92 Å². The molecule has 0 aromatic carbocycles. The summed E-state index contributed by atoms with van der Waals surface area (Å²) in [5, 5.41) is 3.59. The van der Waals surface area contributed by atoms with E-state index in [1.165, 1.54) is 24.0 Å². The van der Waals surface area contributed by atoms with Crippen LogP contribution in [0.1, 0.15) is 68.4 Å². The normalized spacial score (nSPS) is 30.1. The molecule has 1 N–H and O–H groups in total. The summed E-state index contributed by atoms with van der Waals surface area (Å²) in [6.45, 7) is 7.72. The van der Waals surface area contributed by atoms with Crippen molar-refractivity contribution in [3.8, 4) is 0 Å². The molecule has 0 radical (unpaired) electrons. The fourth-order valence-electron chi connectivity index (χ4n) is 3.57. The van der Waals surface area contributed by atoms with Gasteiger partial charge in [-0.05, 0) is 55.2 Å². The van der Waals surface area contributed by atoms with E-state index in [2.05, 4.69) is 38.4 Å². The third kappa shape index (κ3) is 2.49. The van der Waals surface area contributed by atoms with Gasteiger partial charge >= 0.3 is 0 Å². The van der Waals surface area contributed by atoms with Gasteiger partial charge in [0.05, 0.1) is 11.8 Å². The van der Waals surface area contributed by atoms with E-state index in [0.717, 1.165) is 24.2 Å². The molecule has 2 aliphatic rings. The second-order valence-electron chi connectivity index (χ2n) is 6.63. The molecule has 1 aromatic rings. The molecular formula is C17H26N2O. The van der Waals surface area contributed by atoms with Gasteiger partial charge in [-0.25, -0.2) is 0 Å². The number of ether oxygens (including phenoxy) is 1. The topological polar surface area (TPSA) is 34.1 Å². The van der Waals surface area contributed by atoms with Crippen LogP contribution in [0.15, 0.2) is 12.3 Å². The summed E-state index contributed by atoms with van der Waals surface area (Å²) in [5.74, 6) is 2.04. The lowest BCUT2D eigenvalue weighted by molar-refractivity contribution is 0.115. The summed E-state index contributed by atoms with van der Waals surface area (Å²) < 4.78 is 5.47. The number of aromatic nitrogens is 1. The second-order valence-corrected chi connectivity index (χ2v) is 6.63. The van der Waals surface area contributed by atoms with Gasteiger partial charge in [-0.1, -0.05) is 19.9 Å². The van der Waals surface area contributed by atoms with Crippen LogP contribution in [0.4, 0.5) is 0 Å². The predicted molar refractivity (Wildman–Crippen MR) is 81.0 cm³/mol. The molecule has 0 spiro atoms. The molecule has 20 heavy (non-hydrogen) atoms. The molecule has 1 saturated heterocycles. The zero-order valence-corrected chi connectivity index (χ0v) is 13.0. The summed E-state index contributed by atoms with van der Waals surface area (Å²) in [4.78, 5) is 4.75. The van der Waals surface area contributed by atoms with Crippen LogP contribution in [0, 0.1) is 5.92 Å². The third-order valence-electron chi connectivity index (χ3n) is 4.98. The highest BCUT2D eigenvalue weighted by Gasteiger charge is 2.45. The number of methoxy groups -OCH3 is 1. The highest BCUT2D eigenvalue weighted by Crippen LogP contribution is 2.47. The second kappa shape index (κ2) is 5.45. The minimum atomic E-state index is 0.0724. The maximum atomic E-state index is 5.47. The Bertz CT molecular complexity index is 486. The molecule has 110 valence electrons. The SMILES string of the molecule is COC(C)c1ncc(C2CCNC3CC32)cc1C(C)C. The van der Waals surface area contributed by atoms with Crippen LogP contribution in [0.25, 0.3) is 0 Å². The van der Waals surface area contributed by atoms with Crippen molar-refractivity contribution in [3.63, 3.8) is 0 Å². The Balaban J connectivity index is 1.91. The molecule has 2 fully saturated rings. The maximum absolute atomic E-state index is 5.47. The third-order valence-corrected chi connectivity index (χ3v) is 4.98. The van der Waals surface area contributed by atoms with Crippen molar-refractivity contribution in [3.05, 3.63) is 29.1 Å². The smallest absolute Gasteiger partial charge is 0.0965 e. The van der Waals surface area contributed by atoms with E-state index in [1.807, 2.05) is 0 Å². The lowest BCUT2D eigenvalue weighted by Gasteiger charge is -2.25. The van der Waals surface area contributed by atoms with Gasteiger partial charge in [-0.3, -0.25) is 4.98 Å². The first-order chi connectivity index (χ1) is 9.61. The van der Waals surface area contributed by atoms with Gasteiger partial charge < -0.3 is 10.1 Å². The van der Waals surface area contributed by atoms with Gasteiger partial charge in [-0.15, -0.1) is 0 Å². The molecule has 3 heteroatoms. The molecule has 4 atom stereocenters. The summed E-state index contributed by atoms with van der Waals surface area (Å²) in [5.41, 5.74) is 3.90. The van der Waals surface area contributed by atoms with Crippen molar-refractivity contribution in [2.45, 2.75) is 57.6 Å². The number of fused-ring (bicyclic) bond motifs is 1. The molecule has 1 aromatic heterocycles. The van der Waals surface area contributed by atoms with E-state index in [-0.39, 0.29) is 6.10 Å². The molecule has 3 rings (SSSR count). The first kappa shape index (κ1) is 14.0. The Morgan fingerprint density at radius 2 is 2.15 bits per heavy atom. The Labute approximate surface area is 122 Å². The van der Waals surface area contributed by atoms with Crippen LogP contribution >= 0.6 is 0 Å². The molecule has 3 nitrogen and oxygen atoms in total. The lowest BCUT2D eigenvalue weighted by Crippen LogP contribution is -2.28. The fraction of sp³-hybridized carbons (Fsp3) is 0.706. The first-order valence-corrected chi connectivity index (χ1v) is 7.87. The van der Waals surface area contributed by atoms with Crippen molar-refractivity contribution in [1.82, 2.24) is 10.3 Å². The van der Waals surface area contributed by atoms with E-state index in [1.54, 1.807) is 7.11 Å². The molecule has 4 unspecified atom stereocenters. The molecule has 1 aliphatic carbocycles. The Morgan fingerprint density at radius 1 is 1.35 bits per heavy atom.